The largest absolute Gasteiger partial charge is 0.365 e. The quantitative estimate of drug-likeness (QED) is 0.461. The lowest BCUT2D eigenvalue weighted by atomic mass is 9.95. The molecular weight excluding hydrogens is 414 g/mol. The Hall–Kier alpha value is -3.03. The maximum Gasteiger partial charge on any atom is 0.257 e. The van der Waals surface area contributed by atoms with Crippen LogP contribution >= 0.6 is 22.7 Å². The summed E-state index contributed by atoms with van der Waals surface area (Å²) in [5, 5.41) is 6.30. The molecule has 1 aromatic carbocycles. The highest BCUT2D eigenvalue weighted by atomic mass is 32.1. The molecule has 150 valence electrons. The Bertz CT molecular complexity index is 1280. The SMILES string of the molecule is NC(=O)c1c(NC(=O)c2cc(-c3cccs3)nc3ccccc23)sc2c1CCCC2. The van der Waals surface area contributed by atoms with Gasteiger partial charge >= 0.3 is 0 Å². The van der Waals surface area contributed by atoms with Crippen molar-refractivity contribution in [1.29, 1.82) is 0 Å². The second-order valence-electron chi connectivity index (χ2n) is 7.28. The van der Waals surface area contributed by atoms with Gasteiger partial charge in [-0.3, -0.25) is 9.59 Å². The Labute approximate surface area is 181 Å². The molecule has 3 heterocycles. The van der Waals surface area contributed by atoms with Crippen LogP contribution in [0.1, 0.15) is 44.0 Å². The van der Waals surface area contributed by atoms with Gasteiger partial charge in [0.1, 0.15) is 5.00 Å². The van der Waals surface area contributed by atoms with Gasteiger partial charge in [-0.1, -0.05) is 24.3 Å². The number of carbonyl (C=O) groups excluding carboxylic acids is 2. The molecule has 1 aliphatic carbocycles. The zero-order chi connectivity index (χ0) is 20.7. The second-order valence-corrected chi connectivity index (χ2v) is 9.34. The number of nitrogens with one attached hydrogen (secondary N) is 1. The summed E-state index contributed by atoms with van der Waals surface area (Å²) in [6.07, 6.45) is 3.90. The van der Waals surface area contributed by atoms with Gasteiger partial charge in [0, 0.05) is 10.3 Å². The lowest BCUT2D eigenvalue weighted by Gasteiger charge is -2.11. The van der Waals surface area contributed by atoms with Gasteiger partial charge in [0.25, 0.3) is 11.8 Å². The predicted molar refractivity (Wildman–Crippen MR) is 122 cm³/mol. The maximum absolute atomic E-state index is 13.4. The number of primary amides is 1. The van der Waals surface area contributed by atoms with Crippen molar-refractivity contribution in [1.82, 2.24) is 4.98 Å². The summed E-state index contributed by atoms with van der Waals surface area (Å²) >= 11 is 3.05. The number of thiophene rings is 2. The highest BCUT2D eigenvalue weighted by molar-refractivity contribution is 7.17. The van der Waals surface area contributed by atoms with Gasteiger partial charge < -0.3 is 11.1 Å². The number of hydrogen-bond acceptors (Lipinski definition) is 5. The van der Waals surface area contributed by atoms with Crippen molar-refractivity contribution in [2.75, 3.05) is 5.32 Å². The fraction of sp³-hybridized carbons (Fsp3) is 0.174. The van der Waals surface area contributed by atoms with Crippen LogP contribution in [-0.2, 0) is 12.8 Å². The number of pyridine rings is 1. The second kappa shape index (κ2) is 7.66. The number of rotatable bonds is 4. The number of amides is 2. The molecule has 2 amide bonds. The molecule has 0 atom stereocenters. The van der Waals surface area contributed by atoms with E-state index in [1.807, 2.05) is 47.8 Å². The van der Waals surface area contributed by atoms with E-state index in [4.69, 9.17) is 10.7 Å². The van der Waals surface area contributed by atoms with Crippen LogP contribution in [0.3, 0.4) is 0 Å². The Morgan fingerprint density at radius 1 is 1.07 bits per heavy atom. The maximum atomic E-state index is 13.4. The smallest absolute Gasteiger partial charge is 0.257 e. The summed E-state index contributed by atoms with van der Waals surface area (Å²) in [6.45, 7) is 0. The van der Waals surface area contributed by atoms with E-state index in [2.05, 4.69) is 5.32 Å². The lowest BCUT2D eigenvalue weighted by Crippen LogP contribution is -2.19. The average molecular weight is 434 g/mol. The zero-order valence-corrected chi connectivity index (χ0v) is 17.7. The van der Waals surface area contributed by atoms with Crippen molar-refractivity contribution < 1.29 is 9.59 Å². The minimum absolute atomic E-state index is 0.257. The van der Waals surface area contributed by atoms with E-state index in [1.165, 1.54) is 11.3 Å². The Morgan fingerprint density at radius 3 is 2.70 bits per heavy atom. The van der Waals surface area contributed by atoms with Gasteiger partial charge in [-0.2, -0.15) is 0 Å². The highest BCUT2D eigenvalue weighted by Gasteiger charge is 2.26. The summed E-state index contributed by atoms with van der Waals surface area (Å²) < 4.78 is 0. The van der Waals surface area contributed by atoms with Crippen LogP contribution in [0.25, 0.3) is 21.5 Å². The Balaban J connectivity index is 1.59. The van der Waals surface area contributed by atoms with Crippen LogP contribution in [0, 0.1) is 0 Å². The molecule has 0 radical (unpaired) electrons. The van der Waals surface area contributed by atoms with E-state index in [1.54, 1.807) is 11.3 Å². The van der Waals surface area contributed by atoms with Crippen molar-refractivity contribution in [3.63, 3.8) is 0 Å². The third-order valence-corrected chi connectivity index (χ3v) is 7.48. The molecule has 5 nitrogen and oxygen atoms in total. The molecule has 4 aromatic rings. The average Bonchev–Trinajstić information content (AvgIpc) is 3.40. The topological polar surface area (TPSA) is 85.1 Å². The third-order valence-electron chi connectivity index (χ3n) is 5.38. The monoisotopic (exact) mass is 433 g/mol. The summed E-state index contributed by atoms with van der Waals surface area (Å²) in [4.78, 5) is 32.4. The van der Waals surface area contributed by atoms with Gasteiger partial charge in [0.05, 0.1) is 27.2 Å². The van der Waals surface area contributed by atoms with Crippen LogP contribution in [0.15, 0.2) is 47.8 Å². The molecule has 0 spiro atoms. The van der Waals surface area contributed by atoms with Crippen LogP contribution in [-0.4, -0.2) is 16.8 Å². The molecule has 5 rings (SSSR count). The van der Waals surface area contributed by atoms with Gasteiger partial charge in [-0.15, -0.1) is 22.7 Å². The van der Waals surface area contributed by atoms with Crippen molar-refractivity contribution in [3.05, 3.63) is 69.4 Å². The molecule has 3 N–H and O–H groups in total. The molecule has 0 fully saturated rings. The first-order chi connectivity index (χ1) is 14.6. The van der Waals surface area contributed by atoms with E-state index in [-0.39, 0.29) is 5.91 Å². The van der Waals surface area contributed by atoms with Crippen LogP contribution < -0.4 is 11.1 Å². The van der Waals surface area contributed by atoms with Crippen molar-refractivity contribution in [2.45, 2.75) is 25.7 Å². The third kappa shape index (κ3) is 3.30. The summed E-state index contributed by atoms with van der Waals surface area (Å²) in [7, 11) is 0. The zero-order valence-electron chi connectivity index (χ0n) is 16.1. The number of nitrogens with two attached hydrogens (primary N) is 1. The fourth-order valence-electron chi connectivity index (χ4n) is 4.00. The molecule has 0 saturated carbocycles. The number of nitrogens with zero attached hydrogens (tertiary/aromatic N) is 1. The number of benzene rings is 1. The molecule has 7 heteroatoms. The van der Waals surface area contributed by atoms with E-state index in [9.17, 15) is 9.59 Å². The lowest BCUT2D eigenvalue weighted by molar-refractivity contribution is 0.100. The van der Waals surface area contributed by atoms with Crippen molar-refractivity contribution >= 4 is 50.4 Å². The first-order valence-electron chi connectivity index (χ1n) is 9.81. The summed E-state index contributed by atoms with van der Waals surface area (Å²) in [6, 6.07) is 13.4. The minimum atomic E-state index is -0.483. The van der Waals surface area contributed by atoms with Crippen LogP contribution in [0.5, 0.6) is 0 Å². The number of carbonyl (C=O) groups is 2. The molecule has 0 aliphatic heterocycles. The number of hydrogen-bond donors (Lipinski definition) is 2. The molecule has 1 aliphatic rings. The summed E-state index contributed by atoms with van der Waals surface area (Å²) in [5.41, 5.74) is 9.21. The molecular formula is C23H19N3O2S2. The minimum Gasteiger partial charge on any atom is -0.365 e. The molecule has 0 unspecified atom stereocenters. The van der Waals surface area contributed by atoms with E-state index in [0.717, 1.165) is 57.6 Å². The van der Waals surface area contributed by atoms with Crippen LogP contribution in [0.4, 0.5) is 5.00 Å². The first kappa shape index (κ1) is 19.0. The molecule has 0 bridgehead atoms. The number of aryl methyl sites for hydroxylation is 1. The van der Waals surface area contributed by atoms with Gasteiger partial charge in [-0.25, -0.2) is 4.98 Å². The van der Waals surface area contributed by atoms with E-state index < -0.39 is 5.91 Å². The van der Waals surface area contributed by atoms with E-state index >= 15 is 0 Å². The van der Waals surface area contributed by atoms with Crippen molar-refractivity contribution in [2.24, 2.45) is 5.73 Å². The van der Waals surface area contributed by atoms with Gasteiger partial charge in [0.15, 0.2) is 0 Å². The first-order valence-corrected chi connectivity index (χ1v) is 11.5. The highest BCUT2D eigenvalue weighted by Crippen LogP contribution is 2.38. The molecule has 3 aromatic heterocycles. The Kier molecular flexibility index (Phi) is 4.84. The predicted octanol–water partition coefficient (Wildman–Crippen LogP) is 5.25. The van der Waals surface area contributed by atoms with Gasteiger partial charge in [-0.05, 0) is 54.8 Å². The number of anilines is 1. The number of aromatic nitrogens is 1. The van der Waals surface area contributed by atoms with Crippen molar-refractivity contribution in [3.8, 4) is 10.6 Å². The van der Waals surface area contributed by atoms with Crippen LogP contribution in [0.2, 0.25) is 0 Å². The number of fused-ring (bicyclic) bond motifs is 2. The molecule has 30 heavy (non-hydrogen) atoms. The van der Waals surface area contributed by atoms with E-state index in [0.29, 0.717) is 16.1 Å². The normalized spacial score (nSPS) is 13.2. The fourth-order valence-corrected chi connectivity index (χ4v) is 5.97. The molecule has 0 saturated heterocycles. The number of para-hydroxylation sites is 1. The summed E-state index contributed by atoms with van der Waals surface area (Å²) in [5.74, 6) is -0.740. The van der Waals surface area contributed by atoms with Gasteiger partial charge in [0.2, 0.25) is 0 Å². The Morgan fingerprint density at radius 2 is 1.90 bits per heavy atom. The standard InChI is InChI=1S/C23H19N3O2S2/c24-21(27)20-14-7-2-4-9-18(14)30-23(20)26-22(28)15-12-17(19-10-5-11-29-19)25-16-8-3-1-6-13(15)16/h1,3,5-6,8,10-12H,2,4,7,9H2,(H2,24,27)(H,26,28).